The molecule has 0 spiro atoms. The van der Waals surface area contributed by atoms with E-state index in [4.69, 9.17) is 16.3 Å². The Kier molecular flexibility index (Phi) is 6.34. The SMILES string of the molecule is CC(C)CN(c1cnc(C2(C(=O)O)CC2)cc1Nc1ccc(Cl)cn1)C1CCOCC1. The van der Waals surface area contributed by atoms with Crippen molar-refractivity contribution < 1.29 is 14.6 Å². The Hall–Kier alpha value is -2.38. The molecule has 0 aromatic carbocycles. The van der Waals surface area contributed by atoms with Gasteiger partial charge in [0.05, 0.1) is 28.3 Å². The van der Waals surface area contributed by atoms with Crippen LogP contribution in [0.25, 0.3) is 0 Å². The van der Waals surface area contributed by atoms with Crippen LogP contribution in [0.3, 0.4) is 0 Å². The first-order valence-corrected chi connectivity index (χ1v) is 11.2. The van der Waals surface area contributed by atoms with Crippen LogP contribution in [0.1, 0.15) is 45.2 Å². The molecule has 0 bridgehead atoms. The molecular formula is C23H29ClN4O3. The van der Waals surface area contributed by atoms with Gasteiger partial charge in [-0.25, -0.2) is 4.98 Å². The quantitative estimate of drug-likeness (QED) is 0.613. The van der Waals surface area contributed by atoms with Crippen molar-refractivity contribution in [1.29, 1.82) is 0 Å². The van der Waals surface area contributed by atoms with Gasteiger partial charge in [0, 0.05) is 32.0 Å². The summed E-state index contributed by atoms with van der Waals surface area (Å²) in [5.74, 6) is 0.295. The molecule has 7 nitrogen and oxygen atoms in total. The van der Waals surface area contributed by atoms with E-state index >= 15 is 0 Å². The first-order chi connectivity index (χ1) is 14.9. The zero-order chi connectivity index (χ0) is 22.0. The molecule has 0 radical (unpaired) electrons. The predicted octanol–water partition coefficient (Wildman–Crippen LogP) is 4.63. The third-order valence-corrected chi connectivity index (χ3v) is 6.25. The van der Waals surface area contributed by atoms with Crippen molar-refractivity contribution in [2.24, 2.45) is 5.92 Å². The predicted molar refractivity (Wildman–Crippen MR) is 121 cm³/mol. The van der Waals surface area contributed by atoms with Gasteiger partial charge in [0.15, 0.2) is 0 Å². The van der Waals surface area contributed by atoms with Crippen molar-refractivity contribution >= 4 is 34.8 Å². The molecule has 8 heteroatoms. The molecule has 2 aromatic heterocycles. The van der Waals surface area contributed by atoms with E-state index in [1.165, 1.54) is 0 Å². The van der Waals surface area contributed by atoms with Crippen LogP contribution in [0.15, 0.2) is 30.6 Å². The average molecular weight is 445 g/mol. The Balaban J connectivity index is 1.75. The summed E-state index contributed by atoms with van der Waals surface area (Å²) in [6.45, 7) is 6.76. The van der Waals surface area contributed by atoms with Gasteiger partial charge in [-0.05, 0) is 49.8 Å². The number of carboxylic acids is 1. The van der Waals surface area contributed by atoms with Gasteiger partial charge in [-0.1, -0.05) is 25.4 Å². The molecule has 166 valence electrons. The second-order valence-electron chi connectivity index (χ2n) is 8.85. The Morgan fingerprint density at radius 2 is 2.03 bits per heavy atom. The third-order valence-electron chi connectivity index (χ3n) is 6.03. The minimum Gasteiger partial charge on any atom is -0.481 e. The molecule has 31 heavy (non-hydrogen) atoms. The molecule has 0 unspecified atom stereocenters. The summed E-state index contributed by atoms with van der Waals surface area (Å²) in [6, 6.07) is 5.83. The molecule has 2 aromatic rings. The summed E-state index contributed by atoms with van der Waals surface area (Å²) in [5.41, 5.74) is 1.50. The van der Waals surface area contributed by atoms with E-state index in [1.807, 2.05) is 18.3 Å². The van der Waals surface area contributed by atoms with E-state index < -0.39 is 11.4 Å². The maximum atomic E-state index is 11.9. The molecular weight excluding hydrogens is 416 g/mol. The maximum Gasteiger partial charge on any atom is 0.315 e. The lowest BCUT2D eigenvalue weighted by atomic mass is 10.00. The van der Waals surface area contributed by atoms with Crippen LogP contribution in [-0.2, 0) is 14.9 Å². The second kappa shape index (κ2) is 9.01. The van der Waals surface area contributed by atoms with E-state index in [2.05, 4.69) is 34.0 Å². The summed E-state index contributed by atoms with van der Waals surface area (Å²) in [4.78, 5) is 23.3. The largest absolute Gasteiger partial charge is 0.481 e. The van der Waals surface area contributed by atoms with Gasteiger partial charge in [-0.2, -0.15) is 0 Å². The minimum atomic E-state index is -0.871. The van der Waals surface area contributed by atoms with Crippen molar-refractivity contribution in [3.05, 3.63) is 41.3 Å². The van der Waals surface area contributed by atoms with Gasteiger partial charge < -0.3 is 20.1 Å². The van der Waals surface area contributed by atoms with Crippen LogP contribution < -0.4 is 10.2 Å². The molecule has 2 aliphatic rings. The normalized spacial score (nSPS) is 18.1. The molecule has 0 atom stereocenters. The number of aliphatic carboxylic acids is 1. The Morgan fingerprint density at radius 3 is 2.61 bits per heavy atom. The fourth-order valence-electron chi connectivity index (χ4n) is 4.17. The van der Waals surface area contributed by atoms with E-state index in [-0.39, 0.29) is 0 Å². The number of halogens is 1. The number of nitrogens with zero attached hydrogens (tertiary/aromatic N) is 3. The molecule has 0 amide bonds. The molecule has 1 aliphatic carbocycles. The summed E-state index contributed by atoms with van der Waals surface area (Å²) in [6.07, 6.45) is 6.55. The molecule has 1 saturated carbocycles. The smallest absolute Gasteiger partial charge is 0.315 e. The topological polar surface area (TPSA) is 87.6 Å². The number of hydrogen-bond acceptors (Lipinski definition) is 6. The lowest BCUT2D eigenvalue weighted by Gasteiger charge is -2.38. The highest BCUT2D eigenvalue weighted by Crippen LogP contribution is 2.49. The third kappa shape index (κ3) is 4.77. The highest BCUT2D eigenvalue weighted by Gasteiger charge is 2.53. The van der Waals surface area contributed by atoms with Crippen molar-refractivity contribution in [2.75, 3.05) is 30.0 Å². The fraction of sp³-hybridized carbons (Fsp3) is 0.522. The first-order valence-electron chi connectivity index (χ1n) is 10.9. The van der Waals surface area contributed by atoms with Crippen LogP contribution in [0.5, 0.6) is 0 Å². The number of pyridine rings is 2. The maximum absolute atomic E-state index is 11.9. The lowest BCUT2D eigenvalue weighted by molar-refractivity contribution is -0.140. The van der Waals surface area contributed by atoms with Crippen LogP contribution in [0.2, 0.25) is 5.02 Å². The zero-order valence-corrected chi connectivity index (χ0v) is 18.7. The van der Waals surface area contributed by atoms with Crippen molar-refractivity contribution in [1.82, 2.24) is 9.97 Å². The van der Waals surface area contributed by atoms with E-state index in [0.717, 1.165) is 44.0 Å². The number of carbonyl (C=O) groups is 1. The molecule has 2 N–H and O–H groups in total. The van der Waals surface area contributed by atoms with Crippen molar-refractivity contribution in [2.45, 2.75) is 51.0 Å². The molecule has 4 rings (SSSR count). The number of hydrogen-bond donors (Lipinski definition) is 2. The zero-order valence-electron chi connectivity index (χ0n) is 18.0. The standard InChI is InChI=1S/C23H29ClN4O3/c1-15(2)14-28(17-5-9-31-10-6-17)19-13-25-20(23(7-8-23)22(29)30)11-18(19)27-21-4-3-16(24)12-26-21/h3-4,11-13,15,17H,5-10,14H2,1-2H3,(H,29,30)(H,25,26,27). The Bertz CT molecular complexity index is 925. The fourth-order valence-corrected chi connectivity index (χ4v) is 4.28. The van der Waals surface area contributed by atoms with E-state index in [9.17, 15) is 9.90 Å². The number of anilines is 3. The van der Waals surface area contributed by atoms with Gasteiger partial charge in [0.2, 0.25) is 0 Å². The van der Waals surface area contributed by atoms with E-state index in [1.54, 1.807) is 12.3 Å². The lowest BCUT2D eigenvalue weighted by Crippen LogP contribution is -2.42. The Labute approximate surface area is 187 Å². The first kappa shape index (κ1) is 21.8. The number of carboxylic acid groups (broad SMARTS) is 1. The van der Waals surface area contributed by atoms with Gasteiger partial charge in [0.1, 0.15) is 11.2 Å². The van der Waals surface area contributed by atoms with Crippen LogP contribution >= 0.6 is 11.6 Å². The monoisotopic (exact) mass is 444 g/mol. The van der Waals surface area contributed by atoms with Crippen LogP contribution in [0, 0.1) is 5.92 Å². The summed E-state index contributed by atoms with van der Waals surface area (Å²) in [5, 5.41) is 13.7. The molecule has 3 heterocycles. The number of nitrogens with one attached hydrogen (secondary N) is 1. The van der Waals surface area contributed by atoms with Gasteiger partial charge in [0.25, 0.3) is 0 Å². The van der Waals surface area contributed by atoms with Crippen molar-refractivity contribution in [3.8, 4) is 0 Å². The highest BCUT2D eigenvalue weighted by atomic mass is 35.5. The average Bonchev–Trinajstić information content (AvgIpc) is 3.57. The van der Waals surface area contributed by atoms with Crippen LogP contribution in [-0.4, -0.2) is 46.8 Å². The minimum absolute atomic E-state index is 0.344. The van der Waals surface area contributed by atoms with Crippen molar-refractivity contribution in [3.63, 3.8) is 0 Å². The van der Waals surface area contributed by atoms with Crippen LogP contribution in [0.4, 0.5) is 17.2 Å². The van der Waals surface area contributed by atoms with Gasteiger partial charge >= 0.3 is 5.97 Å². The van der Waals surface area contributed by atoms with Gasteiger partial charge in [-0.3, -0.25) is 9.78 Å². The highest BCUT2D eigenvalue weighted by molar-refractivity contribution is 6.30. The molecule has 1 aliphatic heterocycles. The number of rotatable bonds is 8. The Morgan fingerprint density at radius 1 is 1.29 bits per heavy atom. The number of aromatic nitrogens is 2. The van der Waals surface area contributed by atoms with Gasteiger partial charge in [-0.15, -0.1) is 0 Å². The summed E-state index contributed by atoms with van der Waals surface area (Å²) in [7, 11) is 0. The summed E-state index contributed by atoms with van der Waals surface area (Å²) >= 11 is 6.00. The number of ether oxygens (including phenoxy) is 1. The summed E-state index contributed by atoms with van der Waals surface area (Å²) < 4.78 is 5.58. The molecule has 1 saturated heterocycles. The van der Waals surface area contributed by atoms with E-state index in [0.29, 0.717) is 41.3 Å². The second-order valence-corrected chi connectivity index (χ2v) is 9.29. The molecule has 2 fully saturated rings.